The maximum atomic E-state index is 15.0. The van der Waals surface area contributed by atoms with E-state index in [9.17, 15) is 31.5 Å². The normalized spacial score (nSPS) is 14.1. The van der Waals surface area contributed by atoms with Crippen molar-refractivity contribution in [3.05, 3.63) is 76.5 Å². The lowest BCUT2D eigenvalue weighted by Crippen LogP contribution is -2.39. The van der Waals surface area contributed by atoms with Gasteiger partial charge in [0.1, 0.15) is 5.78 Å². The lowest BCUT2D eigenvalue weighted by Gasteiger charge is -2.19. The molecule has 10 heteroatoms. The molecule has 36 heavy (non-hydrogen) atoms. The van der Waals surface area contributed by atoms with Crippen molar-refractivity contribution in [3.8, 4) is 11.3 Å². The molecule has 0 bridgehead atoms. The minimum absolute atomic E-state index is 0.165. The fourth-order valence-electron chi connectivity index (χ4n) is 4.04. The molecular weight excluding hydrogens is 481 g/mol. The molecule has 2 aromatic carbocycles. The highest BCUT2D eigenvalue weighted by molar-refractivity contribution is 5.87. The van der Waals surface area contributed by atoms with Crippen molar-refractivity contribution in [1.29, 1.82) is 0 Å². The lowest BCUT2D eigenvalue weighted by molar-refractivity contribution is -0.147. The van der Waals surface area contributed by atoms with Gasteiger partial charge in [0.05, 0.1) is 17.0 Å². The molecule has 1 saturated carbocycles. The van der Waals surface area contributed by atoms with Crippen LogP contribution in [0.2, 0.25) is 0 Å². The van der Waals surface area contributed by atoms with Crippen LogP contribution in [0.4, 0.5) is 22.0 Å². The van der Waals surface area contributed by atoms with Crippen molar-refractivity contribution >= 4 is 11.7 Å². The van der Waals surface area contributed by atoms with Crippen molar-refractivity contribution in [2.45, 2.75) is 50.7 Å². The fourth-order valence-corrected chi connectivity index (χ4v) is 4.04. The van der Waals surface area contributed by atoms with Crippen LogP contribution in [-0.4, -0.2) is 27.5 Å². The minimum Gasteiger partial charge on any atom is -0.348 e. The van der Waals surface area contributed by atoms with E-state index in [0.717, 1.165) is 24.3 Å². The van der Waals surface area contributed by atoms with Crippen molar-refractivity contribution in [1.82, 2.24) is 15.1 Å². The predicted molar refractivity (Wildman–Crippen MR) is 122 cm³/mol. The molecule has 1 N–H and O–H groups in total. The number of ketones is 1. The highest BCUT2D eigenvalue weighted by Gasteiger charge is 2.43. The fraction of sp³-hybridized carbons (Fsp3) is 0.346. The van der Waals surface area contributed by atoms with Crippen LogP contribution in [0, 0.1) is 6.92 Å². The molecule has 0 atom stereocenters. The Kier molecular flexibility index (Phi) is 6.72. The summed E-state index contributed by atoms with van der Waals surface area (Å²) < 4.78 is 70.6. The van der Waals surface area contributed by atoms with Gasteiger partial charge >= 0.3 is 12.1 Å². The number of carbonyl (C=O) groups is 2. The van der Waals surface area contributed by atoms with Crippen LogP contribution in [-0.2, 0) is 41.6 Å². The van der Waals surface area contributed by atoms with E-state index in [1.165, 1.54) is 18.2 Å². The third kappa shape index (κ3) is 5.63. The molecule has 0 unspecified atom stereocenters. The zero-order valence-electron chi connectivity index (χ0n) is 19.6. The van der Waals surface area contributed by atoms with E-state index in [1.807, 2.05) is 0 Å². The summed E-state index contributed by atoms with van der Waals surface area (Å²) in [5, 5.41) is 6.56. The number of aromatic nitrogens is 2. The number of carbonyl (C=O) groups excluding carboxylic acids is 2. The molecule has 5 nitrogen and oxygen atoms in total. The summed E-state index contributed by atoms with van der Waals surface area (Å²) in [7, 11) is 1.67. The molecule has 0 spiro atoms. The topological polar surface area (TPSA) is 64.0 Å². The minimum atomic E-state index is -4.55. The molecule has 1 aromatic heterocycles. The molecule has 1 aliphatic rings. The Morgan fingerprint density at radius 3 is 2.33 bits per heavy atom. The second-order valence-electron chi connectivity index (χ2n) is 9.08. The standard InChI is InChI=1S/C26H24F5N3O2/c1-15-10-23(34(2)33-15)22-9-6-18(25(27,28)24(36)32-20-7-8-20)13-17(22)14-21(35)12-16-4-3-5-19(11-16)26(29,30)31/h3-6,9-11,13,20H,7-8,12,14H2,1-2H3,(H,32,36). The monoisotopic (exact) mass is 505 g/mol. The van der Waals surface area contributed by atoms with Gasteiger partial charge in [-0.15, -0.1) is 0 Å². The average Bonchev–Trinajstić information content (AvgIpc) is 3.54. The average molecular weight is 505 g/mol. The maximum Gasteiger partial charge on any atom is 0.416 e. The van der Waals surface area contributed by atoms with Gasteiger partial charge in [0, 0.05) is 37.1 Å². The van der Waals surface area contributed by atoms with Gasteiger partial charge in [-0.2, -0.15) is 27.1 Å². The Bertz CT molecular complexity index is 1310. The number of amides is 1. The molecule has 0 aliphatic heterocycles. The largest absolute Gasteiger partial charge is 0.416 e. The Labute approximate surface area is 204 Å². The van der Waals surface area contributed by atoms with Crippen molar-refractivity contribution in [2.75, 3.05) is 0 Å². The number of alkyl halides is 5. The third-order valence-electron chi connectivity index (χ3n) is 5.99. The number of rotatable bonds is 8. The summed E-state index contributed by atoms with van der Waals surface area (Å²) in [5.41, 5.74) is 0.674. The summed E-state index contributed by atoms with van der Waals surface area (Å²) in [6, 6.07) is 9.59. The number of benzene rings is 2. The quantitative estimate of drug-likeness (QED) is 0.432. The summed E-state index contributed by atoms with van der Waals surface area (Å²) >= 11 is 0. The first kappa shape index (κ1) is 25.5. The number of hydrogen-bond acceptors (Lipinski definition) is 3. The highest BCUT2D eigenvalue weighted by Crippen LogP contribution is 2.35. The molecule has 0 saturated heterocycles. The lowest BCUT2D eigenvalue weighted by atomic mass is 9.93. The number of nitrogens with one attached hydrogen (secondary N) is 1. The van der Waals surface area contributed by atoms with E-state index in [0.29, 0.717) is 29.8 Å². The summed E-state index contributed by atoms with van der Waals surface area (Å²) in [6.45, 7) is 1.76. The van der Waals surface area contributed by atoms with E-state index >= 15 is 0 Å². The first-order chi connectivity index (χ1) is 16.8. The van der Waals surface area contributed by atoms with E-state index in [1.54, 1.807) is 24.7 Å². The van der Waals surface area contributed by atoms with Crippen LogP contribution in [0.1, 0.15) is 40.8 Å². The second-order valence-corrected chi connectivity index (χ2v) is 9.08. The Morgan fingerprint density at radius 1 is 1.00 bits per heavy atom. The maximum absolute atomic E-state index is 15.0. The smallest absolute Gasteiger partial charge is 0.348 e. The highest BCUT2D eigenvalue weighted by atomic mass is 19.4. The molecule has 1 fully saturated rings. The molecule has 0 radical (unpaired) electrons. The summed E-state index contributed by atoms with van der Waals surface area (Å²) in [5.74, 6) is -5.68. The van der Waals surface area contributed by atoms with Crippen LogP contribution in [0.15, 0.2) is 48.5 Å². The van der Waals surface area contributed by atoms with E-state index in [4.69, 9.17) is 0 Å². The van der Waals surface area contributed by atoms with Gasteiger partial charge < -0.3 is 5.32 Å². The van der Waals surface area contributed by atoms with E-state index in [2.05, 4.69) is 10.4 Å². The third-order valence-corrected chi connectivity index (χ3v) is 5.99. The van der Waals surface area contributed by atoms with Crippen molar-refractivity contribution in [2.24, 2.45) is 7.05 Å². The zero-order valence-corrected chi connectivity index (χ0v) is 19.6. The van der Waals surface area contributed by atoms with Gasteiger partial charge in [0.25, 0.3) is 5.91 Å². The van der Waals surface area contributed by atoms with Gasteiger partial charge in [0.2, 0.25) is 0 Å². The predicted octanol–water partition coefficient (Wildman–Crippen LogP) is 5.14. The van der Waals surface area contributed by atoms with E-state index in [-0.39, 0.29) is 30.0 Å². The van der Waals surface area contributed by atoms with Crippen molar-refractivity contribution < 1.29 is 31.5 Å². The summed E-state index contributed by atoms with van der Waals surface area (Å²) in [4.78, 5) is 25.1. The molecule has 190 valence electrons. The van der Waals surface area contributed by atoms with Crippen LogP contribution in [0.25, 0.3) is 11.3 Å². The first-order valence-corrected chi connectivity index (χ1v) is 11.4. The Morgan fingerprint density at radius 2 is 1.72 bits per heavy atom. The van der Waals surface area contributed by atoms with Gasteiger partial charge in [0.15, 0.2) is 0 Å². The van der Waals surface area contributed by atoms with Gasteiger partial charge in [-0.25, -0.2) is 0 Å². The SMILES string of the molecule is Cc1cc(-c2ccc(C(F)(F)C(=O)NC3CC3)cc2CC(=O)Cc2cccc(C(F)(F)F)c2)n(C)n1. The number of halogens is 5. The number of hydrogen-bond donors (Lipinski definition) is 1. The summed E-state index contributed by atoms with van der Waals surface area (Å²) in [6.07, 6.45) is -3.88. The van der Waals surface area contributed by atoms with Crippen LogP contribution >= 0.6 is 0 Å². The molecule has 4 rings (SSSR count). The molecule has 1 amide bonds. The second kappa shape index (κ2) is 9.48. The number of aryl methyl sites for hydroxylation is 2. The van der Waals surface area contributed by atoms with Crippen LogP contribution in [0.3, 0.4) is 0 Å². The molecule has 3 aromatic rings. The molecule has 1 aliphatic carbocycles. The van der Waals surface area contributed by atoms with Gasteiger partial charge in [-0.05, 0) is 49.1 Å². The molecular formula is C26H24F5N3O2. The van der Waals surface area contributed by atoms with Gasteiger partial charge in [-0.1, -0.05) is 30.3 Å². The Balaban J connectivity index is 1.66. The van der Waals surface area contributed by atoms with Crippen molar-refractivity contribution in [3.63, 3.8) is 0 Å². The Hall–Kier alpha value is -3.56. The zero-order chi connectivity index (χ0) is 26.3. The number of Topliss-reactive ketones (excluding diaryl/α,β-unsaturated/α-hetero) is 1. The van der Waals surface area contributed by atoms with Crippen LogP contribution < -0.4 is 5.32 Å². The van der Waals surface area contributed by atoms with E-state index < -0.39 is 34.9 Å². The van der Waals surface area contributed by atoms with Crippen LogP contribution in [0.5, 0.6) is 0 Å². The molecule has 1 heterocycles. The first-order valence-electron chi connectivity index (χ1n) is 11.4. The number of nitrogens with zero attached hydrogens (tertiary/aromatic N) is 2. The van der Waals surface area contributed by atoms with Gasteiger partial charge in [-0.3, -0.25) is 14.3 Å².